The third-order valence-electron chi connectivity index (χ3n) is 3.47. The molecule has 0 aliphatic rings. The fraction of sp³-hybridized carbons (Fsp3) is 0.562. The highest BCUT2D eigenvalue weighted by Crippen LogP contribution is 2.25. The van der Waals surface area contributed by atoms with E-state index in [9.17, 15) is 9.18 Å². The summed E-state index contributed by atoms with van der Waals surface area (Å²) in [4.78, 5) is 12.1. The van der Waals surface area contributed by atoms with Gasteiger partial charge in [-0.3, -0.25) is 4.79 Å². The Bertz CT molecular complexity index is 473. The van der Waals surface area contributed by atoms with Crippen molar-refractivity contribution in [1.29, 1.82) is 0 Å². The minimum Gasteiger partial charge on any atom is -0.480 e. The van der Waals surface area contributed by atoms with Gasteiger partial charge in [-0.2, -0.15) is 0 Å². The van der Waals surface area contributed by atoms with E-state index in [1.54, 1.807) is 19.9 Å². The van der Waals surface area contributed by atoms with Gasteiger partial charge in [-0.25, -0.2) is 4.39 Å². The molecule has 0 aliphatic carbocycles. The monoisotopic (exact) mass is 296 g/mol. The Hall–Kier alpha value is -1.62. The van der Waals surface area contributed by atoms with Gasteiger partial charge >= 0.3 is 0 Å². The summed E-state index contributed by atoms with van der Waals surface area (Å²) in [5.41, 5.74) is 6.52. The number of benzene rings is 1. The van der Waals surface area contributed by atoms with Crippen LogP contribution in [-0.2, 0) is 4.79 Å². The molecule has 0 radical (unpaired) electrons. The van der Waals surface area contributed by atoms with Crippen LogP contribution in [0.4, 0.5) is 4.39 Å². The Morgan fingerprint density at radius 2 is 1.95 bits per heavy atom. The molecule has 118 valence electrons. The summed E-state index contributed by atoms with van der Waals surface area (Å²) in [5, 5.41) is 2.91. The summed E-state index contributed by atoms with van der Waals surface area (Å²) in [6, 6.07) is 4.01. The SMILES string of the molecule is CCC(CC)NC(=O)C(C)Oc1cc(F)ccc1C(C)N. The Morgan fingerprint density at radius 3 is 2.48 bits per heavy atom. The molecule has 5 heteroatoms. The number of hydrogen-bond acceptors (Lipinski definition) is 3. The zero-order valence-corrected chi connectivity index (χ0v) is 13.2. The summed E-state index contributed by atoms with van der Waals surface area (Å²) in [7, 11) is 0. The molecule has 3 N–H and O–H groups in total. The normalized spacial score (nSPS) is 13.9. The third kappa shape index (κ3) is 5.01. The number of rotatable bonds is 7. The van der Waals surface area contributed by atoms with Crippen molar-refractivity contribution in [2.45, 2.75) is 58.7 Å². The van der Waals surface area contributed by atoms with Gasteiger partial charge in [-0.15, -0.1) is 0 Å². The molecule has 0 aliphatic heterocycles. The van der Waals surface area contributed by atoms with Crippen molar-refractivity contribution in [2.75, 3.05) is 0 Å². The lowest BCUT2D eigenvalue weighted by Gasteiger charge is -2.21. The first kappa shape index (κ1) is 17.4. The van der Waals surface area contributed by atoms with Crippen LogP contribution in [0.5, 0.6) is 5.75 Å². The fourth-order valence-electron chi connectivity index (χ4n) is 2.04. The summed E-state index contributed by atoms with van der Waals surface area (Å²) < 4.78 is 19.0. The van der Waals surface area contributed by atoms with Crippen LogP contribution >= 0.6 is 0 Å². The number of nitrogens with two attached hydrogens (primary N) is 1. The molecule has 4 nitrogen and oxygen atoms in total. The first-order chi connectivity index (χ1) is 9.88. The molecule has 21 heavy (non-hydrogen) atoms. The van der Waals surface area contributed by atoms with Crippen molar-refractivity contribution in [3.05, 3.63) is 29.6 Å². The molecule has 0 saturated heterocycles. The van der Waals surface area contributed by atoms with Crippen molar-refractivity contribution < 1.29 is 13.9 Å². The van der Waals surface area contributed by atoms with E-state index in [4.69, 9.17) is 10.5 Å². The standard InChI is InChI=1S/C16H25FN2O2/c1-5-13(6-2)19-16(20)11(4)21-15-9-12(17)7-8-14(15)10(3)18/h7-11,13H,5-6,18H2,1-4H3,(H,19,20). The van der Waals surface area contributed by atoms with Crippen molar-refractivity contribution in [2.24, 2.45) is 5.73 Å². The molecule has 1 aromatic carbocycles. The van der Waals surface area contributed by atoms with Crippen LogP contribution in [0.1, 0.15) is 52.1 Å². The molecule has 0 heterocycles. The summed E-state index contributed by atoms with van der Waals surface area (Å²) >= 11 is 0. The van der Waals surface area contributed by atoms with E-state index in [1.165, 1.54) is 12.1 Å². The fourth-order valence-corrected chi connectivity index (χ4v) is 2.04. The van der Waals surface area contributed by atoms with Crippen molar-refractivity contribution >= 4 is 5.91 Å². The van der Waals surface area contributed by atoms with Gasteiger partial charge in [0, 0.05) is 23.7 Å². The Kier molecular flexibility index (Phi) is 6.62. The summed E-state index contributed by atoms with van der Waals surface area (Å²) in [6.07, 6.45) is 1.02. The number of ether oxygens (including phenoxy) is 1. The summed E-state index contributed by atoms with van der Waals surface area (Å²) in [6.45, 7) is 7.46. The predicted octanol–water partition coefficient (Wildman–Crippen LogP) is 2.92. The molecule has 1 amide bonds. The second-order valence-electron chi connectivity index (χ2n) is 5.25. The lowest BCUT2D eigenvalue weighted by atomic mass is 10.1. The molecule has 1 aromatic rings. The van der Waals surface area contributed by atoms with Crippen LogP contribution < -0.4 is 15.8 Å². The average Bonchev–Trinajstić information content (AvgIpc) is 2.44. The van der Waals surface area contributed by atoms with Crippen LogP contribution in [0.2, 0.25) is 0 Å². The van der Waals surface area contributed by atoms with Crippen LogP contribution in [0.15, 0.2) is 18.2 Å². The van der Waals surface area contributed by atoms with Crippen LogP contribution in [-0.4, -0.2) is 18.1 Å². The second kappa shape index (κ2) is 7.98. The zero-order valence-electron chi connectivity index (χ0n) is 13.2. The Labute approximate surface area is 125 Å². The highest BCUT2D eigenvalue weighted by molar-refractivity contribution is 5.81. The van der Waals surface area contributed by atoms with Gasteiger partial charge in [-0.1, -0.05) is 19.9 Å². The van der Waals surface area contributed by atoms with E-state index in [0.717, 1.165) is 12.8 Å². The number of halogens is 1. The molecular formula is C16H25FN2O2. The predicted molar refractivity (Wildman–Crippen MR) is 81.6 cm³/mol. The molecule has 0 spiro atoms. The first-order valence-corrected chi connectivity index (χ1v) is 7.41. The molecule has 0 aromatic heterocycles. The lowest BCUT2D eigenvalue weighted by Crippen LogP contribution is -2.42. The average molecular weight is 296 g/mol. The molecule has 0 saturated carbocycles. The van der Waals surface area contributed by atoms with E-state index >= 15 is 0 Å². The van der Waals surface area contributed by atoms with Gasteiger partial charge in [0.25, 0.3) is 5.91 Å². The van der Waals surface area contributed by atoms with E-state index in [-0.39, 0.29) is 18.0 Å². The quantitative estimate of drug-likeness (QED) is 0.813. The zero-order chi connectivity index (χ0) is 16.0. The van der Waals surface area contributed by atoms with Crippen molar-refractivity contribution in [3.63, 3.8) is 0 Å². The van der Waals surface area contributed by atoms with Crippen LogP contribution in [0.25, 0.3) is 0 Å². The number of carbonyl (C=O) groups excluding carboxylic acids is 1. The van der Waals surface area contributed by atoms with Crippen LogP contribution in [0.3, 0.4) is 0 Å². The van der Waals surface area contributed by atoms with E-state index in [1.807, 2.05) is 13.8 Å². The third-order valence-corrected chi connectivity index (χ3v) is 3.47. The number of nitrogens with one attached hydrogen (secondary N) is 1. The highest BCUT2D eigenvalue weighted by Gasteiger charge is 2.19. The van der Waals surface area contributed by atoms with Crippen LogP contribution in [0, 0.1) is 5.82 Å². The summed E-state index contributed by atoms with van der Waals surface area (Å²) in [5.74, 6) is -0.303. The molecule has 0 fully saturated rings. The molecule has 0 bridgehead atoms. The minimum absolute atomic E-state index is 0.129. The Morgan fingerprint density at radius 1 is 1.33 bits per heavy atom. The van der Waals surface area contributed by atoms with Crippen molar-refractivity contribution in [3.8, 4) is 5.75 Å². The van der Waals surface area contributed by atoms with Gasteiger partial charge in [0.05, 0.1) is 0 Å². The van der Waals surface area contributed by atoms with E-state index < -0.39 is 11.9 Å². The Balaban J connectivity index is 2.80. The maximum Gasteiger partial charge on any atom is 0.260 e. The smallest absolute Gasteiger partial charge is 0.260 e. The highest BCUT2D eigenvalue weighted by atomic mass is 19.1. The van der Waals surface area contributed by atoms with Crippen molar-refractivity contribution in [1.82, 2.24) is 5.32 Å². The first-order valence-electron chi connectivity index (χ1n) is 7.41. The van der Waals surface area contributed by atoms with E-state index in [0.29, 0.717) is 11.3 Å². The van der Waals surface area contributed by atoms with E-state index in [2.05, 4.69) is 5.32 Å². The van der Waals surface area contributed by atoms with Gasteiger partial charge in [-0.05, 0) is 32.8 Å². The molecule has 2 unspecified atom stereocenters. The second-order valence-corrected chi connectivity index (χ2v) is 5.25. The molecule has 2 atom stereocenters. The maximum atomic E-state index is 13.4. The topological polar surface area (TPSA) is 64.3 Å². The maximum absolute atomic E-state index is 13.4. The number of carbonyl (C=O) groups is 1. The largest absolute Gasteiger partial charge is 0.480 e. The van der Waals surface area contributed by atoms with Gasteiger partial charge in [0.1, 0.15) is 11.6 Å². The number of hydrogen-bond donors (Lipinski definition) is 2. The van der Waals surface area contributed by atoms with Gasteiger partial charge < -0.3 is 15.8 Å². The minimum atomic E-state index is -0.704. The number of amides is 1. The molecule has 1 rings (SSSR count). The van der Waals surface area contributed by atoms with Gasteiger partial charge in [0.2, 0.25) is 0 Å². The van der Waals surface area contributed by atoms with Gasteiger partial charge in [0.15, 0.2) is 6.10 Å². The lowest BCUT2D eigenvalue weighted by molar-refractivity contribution is -0.128. The molecular weight excluding hydrogens is 271 g/mol.